The Morgan fingerprint density at radius 2 is 1.62 bits per heavy atom. The van der Waals surface area contributed by atoms with E-state index in [1.165, 1.54) is 4.90 Å². The number of methoxy groups -OCH3 is 1. The van der Waals surface area contributed by atoms with E-state index in [-0.39, 0.29) is 24.6 Å². The van der Waals surface area contributed by atoms with E-state index in [2.05, 4.69) is 15.0 Å². The second-order valence-electron chi connectivity index (χ2n) is 8.31. The first-order valence-electron chi connectivity index (χ1n) is 11.9. The fourth-order valence-corrected chi connectivity index (χ4v) is 4.17. The number of aromatic nitrogens is 2. The molecule has 9 nitrogen and oxygen atoms in total. The Morgan fingerprint density at radius 3 is 2.20 bits per heavy atom. The minimum Gasteiger partial charge on any atom is -0.388 e. The molecule has 1 N–H and O–H groups in total. The monoisotopic (exact) mass is 580 g/mol. The van der Waals surface area contributed by atoms with Crippen LogP contribution in [0.25, 0.3) is 17.1 Å². The number of carbonyl (C=O) groups excluding carboxylic acids is 4. The Bertz CT molecular complexity index is 1470. The van der Waals surface area contributed by atoms with Crippen molar-refractivity contribution in [2.45, 2.75) is 6.54 Å². The number of nitrogens with zero attached hydrogens (tertiary/aromatic N) is 3. The number of anilines is 1. The molecule has 1 aromatic heterocycles. The van der Waals surface area contributed by atoms with Crippen LogP contribution in [0.15, 0.2) is 72.8 Å². The molecule has 0 fully saturated rings. The van der Waals surface area contributed by atoms with Gasteiger partial charge in [0.1, 0.15) is 18.4 Å². The van der Waals surface area contributed by atoms with E-state index in [0.717, 1.165) is 6.29 Å². The number of hydrogen-bond acceptors (Lipinski definition) is 6. The summed E-state index contributed by atoms with van der Waals surface area (Å²) >= 11 is 12.6. The molecule has 0 bridgehead atoms. The third kappa shape index (κ3) is 7.20. The zero-order valence-electron chi connectivity index (χ0n) is 21.7. The maximum atomic E-state index is 14.0. The standard InChI is InChI=1S/C27H20Cl2N4O4.C2H6O/c28-20-9-11-21(12-10-20)33-24(25(30-17-36)31-26(33)22-3-1-2-4-23(22)29)27(37)32(13-14-34)15-18-5-7-19(16-35)8-6-18;1-3-2/h1-12,14,16-17H,13,15H2,(H,30,36);1-2H3. The van der Waals surface area contributed by atoms with Gasteiger partial charge in [0.2, 0.25) is 6.41 Å². The van der Waals surface area contributed by atoms with Crippen LogP contribution in [0.2, 0.25) is 10.0 Å². The fourth-order valence-electron chi connectivity index (χ4n) is 3.82. The molecule has 1 heterocycles. The number of nitrogens with one attached hydrogen (secondary N) is 1. The highest BCUT2D eigenvalue weighted by Gasteiger charge is 2.29. The molecule has 11 heteroatoms. The highest BCUT2D eigenvalue weighted by atomic mass is 35.5. The molecular weight excluding hydrogens is 555 g/mol. The second kappa shape index (κ2) is 14.7. The average Bonchev–Trinajstić information content (AvgIpc) is 3.33. The number of imidazole rings is 1. The summed E-state index contributed by atoms with van der Waals surface area (Å²) in [5.41, 5.74) is 2.28. The number of halogens is 2. The van der Waals surface area contributed by atoms with Crippen LogP contribution in [0.4, 0.5) is 5.82 Å². The van der Waals surface area contributed by atoms with Crippen molar-refractivity contribution in [2.75, 3.05) is 26.1 Å². The predicted octanol–water partition coefficient (Wildman–Crippen LogP) is 5.33. The summed E-state index contributed by atoms with van der Waals surface area (Å²) < 4.78 is 5.82. The van der Waals surface area contributed by atoms with Gasteiger partial charge < -0.3 is 19.7 Å². The van der Waals surface area contributed by atoms with Crippen molar-refractivity contribution < 1.29 is 23.9 Å². The van der Waals surface area contributed by atoms with Gasteiger partial charge in [-0.25, -0.2) is 4.98 Å². The van der Waals surface area contributed by atoms with Crippen LogP contribution < -0.4 is 5.32 Å². The lowest BCUT2D eigenvalue weighted by molar-refractivity contribution is -0.108. The van der Waals surface area contributed by atoms with E-state index in [9.17, 15) is 19.2 Å². The first kappa shape index (κ1) is 30.2. The number of carbonyl (C=O) groups is 4. The molecule has 0 aliphatic rings. The van der Waals surface area contributed by atoms with Crippen molar-refractivity contribution in [3.63, 3.8) is 0 Å². The fraction of sp³-hybridized carbons (Fsp3) is 0.138. The molecule has 0 aliphatic heterocycles. The largest absolute Gasteiger partial charge is 0.388 e. The van der Waals surface area contributed by atoms with Gasteiger partial charge in [-0.15, -0.1) is 0 Å². The summed E-state index contributed by atoms with van der Waals surface area (Å²) in [6.07, 6.45) is 1.75. The third-order valence-corrected chi connectivity index (χ3v) is 6.13. The predicted molar refractivity (Wildman–Crippen MR) is 154 cm³/mol. The molecule has 0 atom stereocenters. The van der Waals surface area contributed by atoms with Crippen LogP contribution in [0.5, 0.6) is 0 Å². The second-order valence-corrected chi connectivity index (χ2v) is 9.15. The van der Waals surface area contributed by atoms with E-state index >= 15 is 0 Å². The number of ether oxygens (including phenoxy) is 1. The smallest absolute Gasteiger partial charge is 0.275 e. The minimum atomic E-state index is -0.559. The molecule has 2 amide bonds. The van der Waals surface area contributed by atoms with Crippen LogP contribution in [0.1, 0.15) is 26.4 Å². The van der Waals surface area contributed by atoms with E-state index < -0.39 is 5.91 Å². The van der Waals surface area contributed by atoms with E-state index in [0.29, 0.717) is 50.9 Å². The molecule has 4 rings (SSSR count). The lowest BCUT2D eigenvalue weighted by Crippen LogP contribution is -2.34. The highest BCUT2D eigenvalue weighted by Crippen LogP contribution is 2.34. The number of hydrogen-bond donors (Lipinski definition) is 1. The molecule has 40 heavy (non-hydrogen) atoms. The summed E-state index contributed by atoms with van der Waals surface area (Å²) in [7, 11) is 3.25. The Labute approximate surface area is 241 Å². The maximum absolute atomic E-state index is 14.0. The van der Waals surface area contributed by atoms with Crippen molar-refractivity contribution in [2.24, 2.45) is 0 Å². The molecule has 0 radical (unpaired) electrons. The van der Waals surface area contributed by atoms with Gasteiger partial charge in [0.15, 0.2) is 11.5 Å². The van der Waals surface area contributed by atoms with Gasteiger partial charge in [0.25, 0.3) is 5.91 Å². The van der Waals surface area contributed by atoms with Gasteiger partial charge in [-0.05, 0) is 42.0 Å². The lowest BCUT2D eigenvalue weighted by Gasteiger charge is -2.22. The van der Waals surface area contributed by atoms with Crippen molar-refractivity contribution >= 4 is 53.9 Å². The van der Waals surface area contributed by atoms with Crippen molar-refractivity contribution in [1.29, 1.82) is 0 Å². The molecule has 3 aromatic carbocycles. The van der Waals surface area contributed by atoms with Gasteiger partial charge >= 0.3 is 0 Å². The summed E-state index contributed by atoms with van der Waals surface area (Å²) in [6, 6.07) is 20.3. The van der Waals surface area contributed by atoms with E-state index in [1.54, 1.807) is 91.6 Å². The molecule has 0 aliphatic carbocycles. The Kier molecular flexibility index (Phi) is 11.1. The van der Waals surface area contributed by atoms with Crippen LogP contribution in [0, 0.1) is 0 Å². The zero-order chi connectivity index (χ0) is 29.1. The SMILES string of the molecule is COC.O=CCN(Cc1ccc(C=O)cc1)C(=O)c1c(NC=O)nc(-c2ccccc2Cl)n1-c1ccc(Cl)cc1. The van der Waals surface area contributed by atoms with Gasteiger partial charge in [-0.1, -0.05) is 59.6 Å². The van der Waals surface area contributed by atoms with Crippen LogP contribution in [-0.4, -0.2) is 60.1 Å². The Hall–Kier alpha value is -4.31. The molecule has 0 saturated heterocycles. The molecule has 0 unspecified atom stereocenters. The molecule has 206 valence electrons. The van der Waals surface area contributed by atoms with Gasteiger partial charge in [-0.3, -0.25) is 19.0 Å². The van der Waals surface area contributed by atoms with Crippen molar-refractivity contribution in [3.05, 3.63) is 99.7 Å². The third-order valence-electron chi connectivity index (χ3n) is 5.55. The van der Waals surface area contributed by atoms with Crippen LogP contribution in [-0.2, 0) is 20.9 Å². The van der Waals surface area contributed by atoms with Crippen LogP contribution in [0.3, 0.4) is 0 Å². The summed E-state index contributed by atoms with van der Waals surface area (Å²) in [5, 5.41) is 3.39. The highest BCUT2D eigenvalue weighted by molar-refractivity contribution is 6.33. The summed E-state index contributed by atoms with van der Waals surface area (Å²) in [5.74, 6) is -0.254. The zero-order valence-corrected chi connectivity index (χ0v) is 23.2. The maximum Gasteiger partial charge on any atom is 0.275 e. The quantitative estimate of drug-likeness (QED) is 0.254. The molecule has 0 spiro atoms. The summed E-state index contributed by atoms with van der Waals surface area (Å²) in [4.78, 5) is 53.9. The Balaban J connectivity index is 0.00000141. The minimum absolute atomic E-state index is 0.00271. The summed E-state index contributed by atoms with van der Waals surface area (Å²) in [6.45, 7) is -0.146. The van der Waals surface area contributed by atoms with Gasteiger partial charge in [0.05, 0.1) is 11.6 Å². The normalized spacial score (nSPS) is 10.2. The Morgan fingerprint density at radius 1 is 0.975 bits per heavy atom. The number of benzene rings is 3. The number of rotatable bonds is 10. The topological polar surface area (TPSA) is 111 Å². The first-order chi connectivity index (χ1) is 19.4. The number of amides is 2. The average molecular weight is 581 g/mol. The van der Waals surface area contributed by atoms with Gasteiger partial charge in [0, 0.05) is 42.6 Å². The first-order valence-corrected chi connectivity index (χ1v) is 12.6. The molecule has 0 saturated carbocycles. The molecule has 4 aromatic rings. The van der Waals surface area contributed by atoms with Crippen molar-refractivity contribution in [1.82, 2.24) is 14.5 Å². The van der Waals surface area contributed by atoms with E-state index in [4.69, 9.17) is 23.2 Å². The van der Waals surface area contributed by atoms with E-state index in [1.807, 2.05) is 0 Å². The number of aldehydes is 2. The van der Waals surface area contributed by atoms with Crippen LogP contribution >= 0.6 is 23.2 Å². The van der Waals surface area contributed by atoms with Crippen molar-refractivity contribution in [3.8, 4) is 17.1 Å². The molecular formula is C29H26Cl2N4O5. The van der Waals surface area contributed by atoms with Gasteiger partial charge in [-0.2, -0.15) is 0 Å². The lowest BCUT2D eigenvalue weighted by atomic mass is 10.1.